The van der Waals surface area contributed by atoms with Crippen LogP contribution in [-0.4, -0.2) is 46.8 Å². The second-order valence-electron chi connectivity index (χ2n) is 8.88. The molecular formula is C22H28N4O3. The summed E-state index contributed by atoms with van der Waals surface area (Å²) in [7, 11) is 0. The van der Waals surface area contributed by atoms with Gasteiger partial charge in [-0.05, 0) is 49.3 Å². The van der Waals surface area contributed by atoms with Gasteiger partial charge in [0.1, 0.15) is 6.04 Å². The van der Waals surface area contributed by atoms with Crippen molar-refractivity contribution >= 4 is 17.7 Å². The molecule has 3 saturated heterocycles. The lowest BCUT2D eigenvalue weighted by molar-refractivity contribution is -0.136. The molecule has 1 aromatic carbocycles. The van der Waals surface area contributed by atoms with Gasteiger partial charge in [0.05, 0.1) is 0 Å². The molecular weight excluding hydrogens is 368 g/mol. The largest absolute Gasteiger partial charge is 0.322 e. The molecule has 2 bridgehead atoms. The minimum absolute atomic E-state index is 0.104. The number of carbonyl (C=O) groups excluding carboxylic acids is 3. The summed E-state index contributed by atoms with van der Waals surface area (Å²) in [6.45, 7) is 1.18. The van der Waals surface area contributed by atoms with Gasteiger partial charge in [0, 0.05) is 43.2 Å². The quantitative estimate of drug-likeness (QED) is 0.666. The molecule has 4 aliphatic rings. The summed E-state index contributed by atoms with van der Waals surface area (Å²) in [5.41, 5.74) is 2.84. The summed E-state index contributed by atoms with van der Waals surface area (Å²) in [5.74, 6) is -0.719. The Bertz CT molecular complexity index is 842. The van der Waals surface area contributed by atoms with Crippen molar-refractivity contribution in [2.45, 2.75) is 82.2 Å². The van der Waals surface area contributed by atoms with Crippen LogP contribution in [0, 0.1) is 0 Å². The van der Waals surface area contributed by atoms with Crippen LogP contribution >= 0.6 is 0 Å². The van der Waals surface area contributed by atoms with E-state index >= 15 is 0 Å². The number of piperidine rings is 3. The van der Waals surface area contributed by atoms with Gasteiger partial charge in [-0.3, -0.25) is 19.7 Å². The smallest absolute Gasteiger partial charge is 0.255 e. The third-order valence-corrected chi connectivity index (χ3v) is 6.97. The van der Waals surface area contributed by atoms with Crippen LogP contribution in [0.25, 0.3) is 0 Å². The summed E-state index contributed by atoms with van der Waals surface area (Å²) in [5, 5.41) is 9.82. The SMILES string of the molecule is O=C1CCC(N2Cc3c(CNC4CC5CCCC(C4)N5)cccc3C2=O)C(=O)N1. The van der Waals surface area contributed by atoms with Gasteiger partial charge in [-0.1, -0.05) is 18.6 Å². The molecule has 1 aromatic rings. The van der Waals surface area contributed by atoms with E-state index in [1.54, 1.807) is 4.90 Å². The zero-order valence-corrected chi connectivity index (χ0v) is 16.6. The van der Waals surface area contributed by atoms with Crippen LogP contribution in [0.15, 0.2) is 18.2 Å². The van der Waals surface area contributed by atoms with E-state index in [4.69, 9.17) is 0 Å². The van der Waals surface area contributed by atoms with Crippen molar-refractivity contribution in [2.24, 2.45) is 0 Å². The summed E-state index contributed by atoms with van der Waals surface area (Å²) in [4.78, 5) is 38.3. The molecule has 0 radical (unpaired) electrons. The number of rotatable bonds is 4. The molecule has 3 N–H and O–H groups in total. The van der Waals surface area contributed by atoms with Gasteiger partial charge in [-0.25, -0.2) is 0 Å². The lowest BCUT2D eigenvalue weighted by Crippen LogP contribution is -2.53. The maximum atomic E-state index is 12.9. The summed E-state index contributed by atoms with van der Waals surface area (Å²) >= 11 is 0. The van der Waals surface area contributed by atoms with Crippen molar-refractivity contribution in [3.8, 4) is 0 Å². The summed E-state index contributed by atoms with van der Waals surface area (Å²) in [6, 6.07) is 7.07. The highest BCUT2D eigenvalue weighted by molar-refractivity contribution is 6.05. The summed E-state index contributed by atoms with van der Waals surface area (Å²) < 4.78 is 0. The Labute approximate surface area is 170 Å². The fourth-order valence-electron chi connectivity index (χ4n) is 5.50. The molecule has 3 atom stereocenters. The molecule has 7 heteroatoms. The average Bonchev–Trinajstić information content (AvgIpc) is 3.03. The molecule has 3 amide bonds. The van der Waals surface area contributed by atoms with Crippen LogP contribution < -0.4 is 16.0 Å². The predicted octanol–water partition coefficient (Wildman–Crippen LogP) is 1.21. The molecule has 29 heavy (non-hydrogen) atoms. The van der Waals surface area contributed by atoms with E-state index in [-0.39, 0.29) is 24.1 Å². The van der Waals surface area contributed by atoms with Crippen molar-refractivity contribution < 1.29 is 14.4 Å². The van der Waals surface area contributed by atoms with E-state index in [9.17, 15) is 14.4 Å². The number of hydrogen-bond acceptors (Lipinski definition) is 5. The van der Waals surface area contributed by atoms with E-state index in [1.807, 2.05) is 12.1 Å². The molecule has 4 aliphatic heterocycles. The van der Waals surface area contributed by atoms with Crippen LogP contribution in [-0.2, 0) is 22.7 Å². The van der Waals surface area contributed by atoms with Crippen molar-refractivity contribution in [1.29, 1.82) is 0 Å². The van der Waals surface area contributed by atoms with Gasteiger partial charge >= 0.3 is 0 Å². The lowest BCUT2D eigenvalue weighted by atomic mass is 9.84. The molecule has 0 saturated carbocycles. The van der Waals surface area contributed by atoms with E-state index in [0.717, 1.165) is 30.5 Å². The monoisotopic (exact) mass is 396 g/mol. The minimum atomic E-state index is -0.558. The van der Waals surface area contributed by atoms with Gasteiger partial charge in [0.15, 0.2) is 0 Å². The minimum Gasteiger partial charge on any atom is -0.322 e. The molecule has 0 spiro atoms. The third kappa shape index (κ3) is 3.57. The summed E-state index contributed by atoms with van der Waals surface area (Å²) in [6.07, 6.45) is 6.87. The van der Waals surface area contributed by atoms with Gasteiger partial charge in [0.2, 0.25) is 11.8 Å². The van der Waals surface area contributed by atoms with Crippen LogP contribution in [0.1, 0.15) is 66.4 Å². The molecule has 3 unspecified atom stereocenters. The number of amides is 3. The Morgan fingerprint density at radius 3 is 2.62 bits per heavy atom. The highest BCUT2D eigenvalue weighted by Gasteiger charge is 2.40. The first-order chi connectivity index (χ1) is 14.1. The second kappa shape index (κ2) is 7.54. The second-order valence-corrected chi connectivity index (χ2v) is 8.88. The number of nitrogens with zero attached hydrogens (tertiary/aromatic N) is 1. The van der Waals surface area contributed by atoms with Gasteiger partial charge in [-0.15, -0.1) is 0 Å². The van der Waals surface area contributed by atoms with E-state index in [0.29, 0.717) is 36.7 Å². The van der Waals surface area contributed by atoms with Gasteiger partial charge in [0.25, 0.3) is 5.91 Å². The van der Waals surface area contributed by atoms with Crippen LogP contribution in [0.5, 0.6) is 0 Å². The highest BCUT2D eigenvalue weighted by atomic mass is 16.2. The Morgan fingerprint density at radius 2 is 1.86 bits per heavy atom. The van der Waals surface area contributed by atoms with Gasteiger partial charge < -0.3 is 15.5 Å². The molecule has 0 aliphatic carbocycles. The standard InChI is InChI=1S/C22H28N4O3/c27-20-8-7-19(21(28)25-20)26-12-18-13(3-1-6-17(18)22(26)29)11-23-16-9-14-4-2-5-15(10-16)24-14/h1,3,6,14-16,19,23-24H,2,4-5,7-12H2,(H,25,27,28). The molecule has 154 valence electrons. The predicted molar refractivity (Wildman–Crippen MR) is 107 cm³/mol. The number of imide groups is 1. The maximum Gasteiger partial charge on any atom is 0.255 e. The maximum absolute atomic E-state index is 12.9. The van der Waals surface area contributed by atoms with Crippen molar-refractivity contribution in [1.82, 2.24) is 20.9 Å². The van der Waals surface area contributed by atoms with E-state index in [1.165, 1.54) is 19.3 Å². The number of carbonyl (C=O) groups is 3. The Balaban J connectivity index is 1.28. The zero-order valence-electron chi connectivity index (χ0n) is 16.6. The first-order valence-electron chi connectivity index (χ1n) is 10.8. The normalized spacial score (nSPS) is 31.6. The number of hydrogen-bond donors (Lipinski definition) is 3. The first kappa shape index (κ1) is 18.8. The Kier molecular flexibility index (Phi) is 4.87. The van der Waals surface area contributed by atoms with Crippen LogP contribution in [0.2, 0.25) is 0 Å². The fraction of sp³-hybridized carbons (Fsp3) is 0.591. The fourth-order valence-corrected chi connectivity index (χ4v) is 5.50. The molecule has 3 fully saturated rings. The van der Waals surface area contributed by atoms with Crippen molar-refractivity contribution in [3.63, 3.8) is 0 Å². The van der Waals surface area contributed by atoms with Crippen LogP contribution in [0.4, 0.5) is 0 Å². The lowest BCUT2D eigenvalue weighted by Gasteiger charge is -2.40. The van der Waals surface area contributed by atoms with E-state index < -0.39 is 6.04 Å². The third-order valence-electron chi connectivity index (χ3n) is 6.97. The zero-order chi connectivity index (χ0) is 20.0. The topological polar surface area (TPSA) is 90.5 Å². The molecule has 7 nitrogen and oxygen atoms in total. The Morgan fingerprint density at radius 1 is 1.07 bits per heavy atom. The van der Waals surface area contributed by atoms with Gasteiger partial charge in [-0.2, -0.15) is 0 Å². The molecule has 5 rings (SSSR count). The highest BCUT2D eigenvalue weighted by Crippen LogP contribution is 2.30. The molecule has 4 heterocycles. The number of nitrogens with one attached hydrogen (secondary N) is 3. The van der Waals surface area contributed by atoms with Crippen molar-refractivity contribution in [2.75, 3.05) is 0 Å². The Hall–Kier alpha value is -2.25. The number of benzene rings is 1. The molecule has 0 aromatic heterocycles. The average molecular weight is 396 g/mol. The number of fused-ring (bicyclic) bond motifs is 3. The van der Waals surface area contributed by atoms with Crippen LogP contribution in [0.3, 0.4) is 0 Å². The van der Waals surface area contributed by atoms with E-state index in [2.05, 4.69) is 22.0 Å². The first-order valence-corrected chi connectivity index (χ1v) is 10.8. The van der Waals surface area contributed by atoms with Crippen molar-refractivity contribution in [3.05, 3.63) is 34.9 Å².